The standard InChI is InChI=1S/C22H22N4O3S/c1-12(2)29-22(28)26-8-7-16-18(26)9-15(11-23-16)14-5-6-17-19(10-14)30-21(24-17)25-20(27)13-3-4-13/h5-6,9-13H,3-4,7-8H2,1-2H3,(H,24,25,27). The normalized spacial score (nSPS) is 15.5. The van der Waals surface area contributed by atoms with Crippen LogP contribution < -0.4 is 10.2 Å². The molecule has 3 heterocycles. The molecule has 3 aromatic rings. The lowest BCUT2D eigenvalue weighted by molar-refractivity contribution is -0.117. The van der Waals surface area contributed by atoms with Crippen molar-refractivity contribution in [2.24, 2.45) is 5.92 Å². The van der Waals surface area contributed by atoms with E-state index in [1.54, 1.807) is 4.90 Å². The minimum Gasteiger partial charge on any atom is -0.446 e. The van der Waals surface area contributed by atoms with Gasteiger partial charge in [0.1, 0.15) is 0 Å². The van der Waals surface area contributed by atoms with E-state index in [0.29, 0.717) is 11.7 Å². The molecule has 0 spiro atoms. The van der Waals surface area contributed by atoms with Crippen molar-refractivity contribution >= 4 is 44.4 Å². The Bertz CT molecular complexity index is 1150. The zero-order chi connectivity index (χ0) is 20.8. The molecule has 1 fully saturated rings. The van der Waals surface area contributed by atoms with E-state index in [9.17, 15) is 9.59 Å². The molecule has 1 aliphatic heterocycles. The van der Waals surface area contributed by atoms with Gasteiger partial charge in [0.25, 0.3) is 0 Å². The minimum absolute atomic E-state index is 0.0606. The Labute approximate surface area is 178 Å². The van der Waals surface area contributed by atoms with Gasteiger partial charge >= 0.3 is 6.09 Å². The van der Waals surface area contributed by atoms with Crippen LogP contribution in [0, 0.1) is 5.92 Å². The van der Waals surface area contributed by atoms with Crippen LogP contribution in [0.1, 0.15) is 32.4 Å². The lowest BCUT2D eigenvalue weighted by Gasteiger charge is -2.19. The molecule has 0 saturated heterocycles. The number of carbonyl (C=O) groups is 2. The fourth-order valence-corrected chi connectivity index (χ4v) is 4.48. The number of carbonyl (C=O) groups excluding carboxylic acids is 2. The number of anilines is 2. The number of amides is 2. The fraction of sp³-hybridized carbons (Fsp3) is 0.364. The van der Waals surface area contributed by atoms with Gasteiger partial charge in [-0.05, 0) is 50.5 Å². The van der Waals surface area contributed by atoms with Gasteiger partial charge in [0, 0.05) is 30.6 Å². The summed E-state index contributed by atoms with van der Waals surface area (Å²) in [5.74, 6) is 0.209. The third kappa shape index (κ3) is 3.63. The van der Waals surface area contributed by atoms with E-state index in [0.717, 1.165) is 52.0 Å². The Balaban J connectivity index is 1.42. The number of nitrogens with zero attached hydrogens (tertiary/aromatic N) is 3. The van der Waals surface area contributed by atoms with Crippen LogP contribution in [0.3, 0.4) is 0 Å². The Morgan fingerprint density at radius 3 is 2.83 bits per heavy atom. The van der Waals surface area contributed by atoms with Gasteiger partial charge in [-0.15, -0.1) is 0 Å². The van der Waals surface area contributed by atoms with Gasteiger partial charge in [0.05, 0.1) is 27.7 Å². The van der Waals surface area contributed by atoms with Crippen LogP contribution in [-0.2, 0) is 16.0 Å². The van der Waals surface area contributed by atoms with Crippen LogP contribution in [0.25, 0.3) is 21.3 Å². The van der Waals surface area contributed by atoms with Crippen LogP contribution in [0.4, 0.5) is 15.6 Å². The average molecular weight is 423 g/mol. The molecule has 1 aromatic carbocycles. The molecule has 0 atom stereocenters. The number of pyridine rings is 1. The molecule has 1 N–H and O–H groups in total. The quantitative estimate of drug-likeness (QED) is 0.663. The van der Waals surface area contributed by atoms with Crippen molar-refractivity contribution < 1.29 is 14.3 Å². The lowest BCUT2D eigenvalue weighted by atomic mass is 10.1. The van der Waals surface area contributed by atoms with Crippen LogP contribution >= 0.6 is 11.3 Å². The highest BCUT2D eigenvalue weighted by Gasteiger charge is 2.30. The smallest absolute Gasteiger partial charge is 0.414 e. The molecule has 2 aliphatic rings. The monoisotopic (exact) mass is 422 g/mol. The highest BCUT2D eigenvalue weighted by atomic mass is 32.1. The number of thiazole rings is 1. The van der Waals surface area contributed by atoms with Crippen molar-refractivity contribution in [3.05, 3.63) is 36.2 Å². The first kappa shape index (κ1) is 19.0. The zero-order valence-electron chi connectivity index (χ0n) is 16.8. The summed E-state index contributed by atoms with van der Waals surface area (Å²) < 4.78 is 6.36. The highest BCUT2D eigenvalue weighted by molar-refractivity contribution is 7.22. The van der Waals surface area contributed by atoms with Crippen LogP contribution in [-0.4, -0.2) is 34.6 Å². The maximum Gasteiger partial charge on any atom is 0.414 e. The van der Waals surface area contributed by atoms with Gasteiger partial charge in [0.2, 0.25) is 5.91 Å². The van der Waals surface area contributed by atoms with E-state index in [-0.39, 0.29) is 24.0 Å². The van der Waals surface area contributed by atoms with Crippen molar-refractivity contribution in [2.75, 3.05) is 16.8 Å². The van der Waals surface area contributed by atoms with Crippen LogP contribution in [0.2, 0.25) is 0 Å². The Hall–Kier alpha value is -3.00. The van der Waals surface area contributed by atoms with E-state index >= 15 is 0 Å². The summed E-state index contributed by atoms with van der Waals surface area (Å²) in [7, 11) is 0. The van der Waals surface area contributed by atoms with Crippen LogP contribution in [0.5, 0.6) is 0 Å². The number of hydrogen-bond acceptors (Lipinski definition) is 6. The number of nitrogens with one attached hydrogen (secondary N) is 1. The van der Waals surface area contributed by atoms with Crippen molar-refractivity contribution in [3.63, 3.8) is 0 Å². The molecule has 30 heavy (non-hydrogen) atoms. The molecule has 8 heteroatoms. The highest BCUT2D eigenvalue weighted by Crippen LogP contribution is 2.35. The predicted octanol–water partition coefficient (Wildman–Crippen LogP) is 4.61. The second-order valence-electron chi connectivity index (χ2n) is 7.99. The summed E-state index contributed by atoms with van der Waals surface area (Å²) >= 11 is 1.47. The Morgan fingerprint density at radius 2 is 2.07 bits per heavy atom. The summed E-state index contributed by atoms with van der Waals surface area (Å²) in [4.78, 5) is 35.2. The Kier molecular flexibility index (Phi) is 4.66. The third-order valence-corrected chi connectivity index (χ3v) is 6.20. The largest absolute Gasteiger partial charge is 0.446 e. The van der Waals surface area contributed by atoms with Gasteiger partial charge in [-0.2, -0.15) is 0 Å². The SMILES string of the molecule is CC(C)OC(=O)N1CCc2ncc(-c3ccc4nc(NC(=O)C5CC5)sc4c3)cc21. The summed E-state index contributed by atoms with van der Waals surface area (Å²) in [6.07, 6.45) is 3.99. The van der Waals surface area contributed by atoms with E-state index in [4.69, 9.17) is 4.74 Å². The number of rotatable bonds is 4. The van der Waals surface area contributed by atoms with Gasteiger partial charge in [-0.25, -0.2) is 9.78 Å². The van der Waals surface area contributed by atoms with Crippen molar-refractivity contribution in [1.82, 2.24) is 9.97 Å². The first-order valence-corrected chi connectivity index (χ1v) is 11.0. The van der Waals surface area contributed by atoms with Crippen molar-refractivity contribution in [3.8, 4) is 11.1 Å². The molecule has 0 unspecified atom stereocenters. The zero-order valence-corrected chi connectivity index (χ0v) is 17.7. The van der Waals surface area contributed by atoms with Gasteiger partial charge in [0.15, 0.2) is 5.13 Å². The van der Waals surface area contributed by atoms with E-state index < -0.39 is 0 Å². The Morgan fingerprint density at radius 1 is 1.23 bits per heavy atom. The van der Waals surface area contributed by atoms with Gasteiger partial charge in [-0.1, -0.05) is 17.4 Å². The average Bonchev–Trinajstić information content (AvgIpc) is 3.36. The lowest BCUT2D eigenvalue weighted by Crippen LogP contribution is -2.31. The summed E-state index contributed by atoms with van der Waals surface area (Å²) in [6, 6.07) is 7.99. The number of benzene rings is 1. The van der Waals surface area contributed by atoms with Crippen molar-refractivity contribution in [1.29, 1.82) is 0 Å². The third-order valence-electron chi connectivity index (χ3n) is 5.27. The second kappa shape index (κ2) is 7.36. The number of hydrogen-bond donors (Lipinski definition) is 1. The summed E-state index contributed by atoms with van der Waals surface area (Å²) in [5, 5.41) is 3.55. The fourth-order valence-electron chi connectivity index (χ4n) is 3.57. The molecule has 5 rings (SSSR count). The van der Waals surface area contributed by atoms with Crippen molar-refractivity contribution in [2.45, 2.75) is 39.2 Å². The van der Waals surface area contributed by atoms with E-state index in [1.165, 1.54) is 11.3 Å². The summed E-state index contributed by atoms with van der Waals surface area (Å²) in [6.45, 7) is 4.26. The molecule has 2 aromatic heterocycles. The number of aromatic nitrogens is 2. The molecule has 7 nitrogen and oxygen atoms in total. The topological polar surface area (TPSA) is 84.4 Å². The summed E-state index contributed by atoms with van der Waals surface area (Å²) in [5.41, 5.74) is 4.48. The number of fused-ring (bicyclic) bond motifs is 2. The first-order valence-electron chi connectivity index (χ1n) is 10.2. The predicted molar refractivity (Wildman–Crippen MR) is 117 cm³/mol. The molecule has 2 amide bonds. The molecule has 154 valence electrons. The van der Waals surface area contributed by atoms with Gasteiger partial charge in [-0.3, -0.25) is 14.7 Å². The molecule has 1 saturated carbocycles. The molecule has 0 bridgehead atoms. The molecule has 0 radical (unpaired) electrons. The van der Waals surface area contributed by atoms with E-state index in [1.807, 2.05) is 38.2 Å². The van der Waals surface area contributed by atoms with E-state index in [2.05, 4.69) is 21.4 Å². The maximum atomic E-state index is 12.4. The molecule has 1 aliphatic carbocycles. The minimum atomic E-state index is -0.336. The second-order valence-corrected chi connectivity index (χ2v) is 9.02. The molecular formula is C22H22N4O3S. The number of ether oxygens (including phenoxy) is 1. The van der Waals surface area contributed by atoms with Gasteiger partial charge < -0.3 is 10.1 Å². The molecular weight excluding hydrogens is 400 g/mol. The maximum absolute atomic E-state index is 12.4. The first-order chi connectivity index (χ1) is 14.5. The van der Waals surface area contributed by atoms with Crippen LogP contribution in [0.15, 0.2) is 30.5 Å².